The lowest BCUT2D eigenvalue weighted by Gasteiger charge is -2.48. The van der Waals surface area contributed by atoms with Crippen LogP contribution in [0.2, 0.25) is 0 Å². The van der Waals surface area contributed by atoms with E-state index in [1.54, 1.807) is 0 Å². The second kappa shape index (κ2) is 6.80. The van der Waals surface area contributed by atoms with Crippen molar-refractivity contribution >= 4 is 16.7 Å². The van der Waals surface area contributed by atoms with Crippen molar-refractivity contribution in [2.45, 2.75) is 38.9 Å². The molecule has 140 valence electrons. The summed E-state index contributed by atoms with van der Waals surface area (Å²) in [5.41, 5.74) is 3.31. The topological polar surface area (TPSA) is 59.8 Å². The monoisotopic (exact) mass is 355 g/mol. The lowest BCUT2D eigenvalue weighted by atomic mass is 9.71. The number of aliphatic hydroxyl groups is 2. The number of nitrogens with zero attached hydrogens (tertiary/aromatic N) is 3. The third-order valence-electron chi connectivity index (χ3n) is 6.12. The summed E-state index contributed by atoms with van der Waals surface area (Å²) in [7, 11) is 2.10. The van der Waals surface area contributed by atoms with E-state index in [9.17, 15) is 10.2 Å². The number of likely N-dealkylation sites (tertiary alicyclic amines) is 1. The number of aliphatic hydroxyl groups excluding tert-OH is 2. The molecule has 0 bridgehead atoms. The molecule has 2 N–H and O–H groups in total. The SMILES string of the molecule is Cc1ccc2cc(CO)c(N3CCC4(CC3)CC(O)CN(C)C4)nc2c1. The Morgan fingerprint density at radius 1 is 1.23 bits per heavy atom. The van der Waals surface area contributed by atoms with Gasteiger partial charge in [0.25, 0.3) is 0 Å². The fourth-order valence-electron chi connectivity index (χ4n) is 4.88. The molecule has 0 saturated carbocycles. The summed E-state index contributed by atoms with van der Waals surface area (Å²) in [6.07, 6.45) is 2.82. The Morgan fingerprint density at radius 3 is 2.69 bits per heavy atom. The minimum Gasteiger partial charge on any atom is -0.392 e. The number of anilines is 1. The molecule has 0 amide bonds. The largest absolute Gasteiger partial charge is 0.392 e. The molecule has 5 heteroatoms. The van der Waals surface area contributed by atoms with E-state index >= 15 is 0 Å². The molecule has 2 saturated heterocycles. The molecule has 0 radical (unpaired) electrons. The summed E-state index contributed by atoms with van der Waals surface area (Å²) in [6, 6.07) is 8.34. The Labute approximate surface area is 155 Å². The maximum absolute atomic E-state index is 10.2. The molecule has 1 atom stereocenters. The van der Waals surface area contributed by atoms with Crippen molar-refractivity contribution in [2.75, 3.05) is 38.1 Å². The summed E-state index contributed by atoms with van der Waals surface area (Å²) >= 11 is 0. The molecule has 2 aliphatic rings. The predicted octanol–water partition coefficient (Wildman–Crippen LogP) is 2.32. The number of hydrogen-bond acceptors (Lipinski definition) is 5. The Balaban J connectivity index is 1.59. The number of benzene rings is 1. The van der Waals surface area contributed by atoms with Crippen molar-refractivity contribution in [3.8, 4) is 0 Å². The molecule has 2 aromatic rings. The van der Waals surface area contributed by atoms with Crippen molar-refractivity contribution in [1.82, 2.24) is 9.88 Å². The highest BCUT2D eigenvalue weighted by atomic mass is 16.3. The van der Waals surface area contributed by atoms with E-state index in [-0.39, 0.29) is 18.1 Å². The van der Waals surface area contributed by atoms with Gasteiger partial charge in [-0.05, 0) is 56.3 Å². The van der Waals surface area contributed by atoms with Gasteiger partial charge in [0.05, 0.1) is 18.2 Å². The summed E-state index contributed by atoms with van der Waals surface area (Å²) in [5.74, 6) is 0.921. The molecule has 5 nitrogen and oxygen atoms in total. The molecule has 1 unspecified atom stereocenters. The predicted molar refractivity (Wildman–Crippen MR) is 104 cm³/mol. The first-order chi connectivity index (χ1) is 12.5. The van der Waals surface area contributed by atoms with Crippen LogP contribution in [0.15, 0.2) is 24.3 Å². The highest BCUT2D eigenvalue weighted by Gasteiger charge is 2.41. The molecular weight excluding hydrogens is 326 g/mol. The van der Waals surface area contributed by atoms with Crippen molar-refractivity contribution in [1.29, 1.82) is 0 Å². The molecule has 0 aliphatic carbocycles. The van der Waals surface area contributed by atoms with Crippen molar-refractivity contribution in [3.63, 3.8) is 0 Å². The van der Waals surface area contributed by atoms with Gasteiger partial charge in [-0.25, -0.2) is 4.98 Å². The summed E-state index contributed by atoms with van der Waals surface area (Å²) in [4.78, 5) is 9.48. The Hall–Kier alpha value is -1.69. The Morgan fingerprint density at radius 2 is 2.00 bits per heavy atom. The van der Waals surface area contributed by atoms with Gasteiger partial charge in [-0.2, -0.15) is 0 Å². The van der Waals surface area contributed by atoms with Crippen LogP contribution in [0.4, 0.5) is 5.82 Å². The maximum atomic E-state index is 10.2. The zero-order valence-electron chi connectivity index (χ0n) is 15.8. The average molecular weight is 355 g/mol. The van der Waals surface area contributed by atoms with Crippen LogP contribution in [0, 0.1) is 12.3 Å². The number of hydrogen-bond donors (Lipinski definition) is 2. The van der Waals surface area contributed by atoms with Crippen LogP contribution in [0.1, 0.15) is 30.4 Å². The molecule has 2 fully saturated rings. The summed E-state index contributed by atoms with van der Waals surface area (Å²) < 4.78 is 0. The van der Waals surface area contributed by atoms with E-state index in [2.05, 4.69) is 48.0 Å². The first-order valence-electron chi connectivity index (χ1n) is 9.61. The van der Waals surface area contributed by atoms with Crippen LogP contribution in [-0.2, 0) is 6.61 Å². The van der Waals surface area contributed by atoms with Gasteiger partial charge in [0.15, 0.2) is 0 Å². The van der Waals surface area contributed by atoms with Gasteiger partial charge in [-0.1, -0.05) is 12.1 Å². The molecule has 3 heterocycles. The van der Waals surface area contributed by atoms with E-state index in [0.29, 0.717) is 0 Å². The number of fused-ring (bicyclic) bond motifs is 1. The highest BCUT2D eigenvalue weighted by molar-refractivity contribution is 5.82. The molecule has 1 spiro atoms. The number of pyridine rings is 1. The lowest BCUT2D eigenvalue weighted by Crippen LogP contribution is -2.52. The number of aromatic nitrogens is 1. The van der Waals surface area contributed by atoms with Gasteiger partial charge < -0.3 is 20.0 Å². The van der Waals surface area contributed by atoms with E-state index in [0.717, 1.165) is 67.7 Å². The van der Waals surface area contributed by atoms with Gasteiger partial charge in [0, 0.05) is 37.1 Å². The quantitative estimate of drug-likeness (QED) is 0.866. The lowest BCUT2D eigenvalue weighted by molar-refractivity contribution is -0.0112. The number of piperidine rings is 2. The standard InChI is InChI=1S/C21H29N3O2/c1-15-3-4-16-10-17(13-25)20(22-19(16)9-15)24-7-5-21(6-8-24)11-18(26)12-23(2)14-21/h3-4,9-10,18,25-26H,5-8,11-14H2,1-2H3. The van der Waals surface area contributed by atoms with E-state index < -0.39 is 0 Å². The fraction of sp³-hybridized carbons (Fsp3) is 0.571. The molecule has 4 rings (SSSR count). The third-order valence-corrected chi connectivity index (χ3v) is 6.12. The second-order valence-electron chi connectivity index (χ2n) is 8.37. The number of rotatable bonds is 2. The fourth-order valence-corrected chi connectivity index (χ4v) is 4.88. The Kier molecular flexibility index (Phi) is 4.63. The third kappa shape index (κ3) is 3.31. The first-order valence-corrected chi connectivity index (χ1v) is 9.61. The van der Waals surface area contributed by atoms with Crippen molar-refractivity contribution < 1.29 is 10.2 Å². The minimum atomic E-state index is -0.213. The summed E-state index contributed by atoms with van der Waals surface area (Å²) in [5, 5.41) is 21.2. The van der Waals surface area contributed by atoms with Gasteiger partial charge >= 0.3 is 0 Å². The molecule has 2 aliphatic heterocycles. The van der Waals surface area contributed by atoms with Crippen LogP contribution >= 0.6 is 0 Å². The van der Waals surface area contributed by atoms with Gasteiger partial charge in [0.1, 0.15) is 5.82 Å². The van der Waals surface area contributed by atoms with Gasteiger partial charge in [-0.3, -0.25) is 0 Å². The van der Waals surface area contributed by atoms with Gasteiger partial charge in [-0.15, -0.1) is 0 Å². The molecule has 26 heavy (non-hydrogen) atoms. The van der Waals surface area contributed by atoms with Gasteiger partial charge in [0.2, 0.25) is 0 Å². The molecule has 1 aromatic heterocycles. The maximum Gasteiger partial charge on any atom is 0.134 e. The minimum absolute atomic E-state index is 0.00917. The molecule has 1 aromatic carbocycles. The number of likely N-dealkylation sites (N-methyl/N-ethyl adjacent to an activating group) is 1. The second-order valence-corrected chi connectivity index (χ2v) is 8.37. The van der Waals surface area contributed by atoms with Crippen molar-refractivity contribution in [2.24, 2.45) is 5.41 Å². The van der Waals surface area contributed by atoms with Crippen LogP contribution in [0.25, 0.3) is 10.9 Å². The Bertz CT molecular complexity index is 787. The van der Waals surface area contributed by atoms with E-state index in [1.807, 2.05) is 0 Å². The number of aryl methyl sites for hydroxylation is 1. The van der Waals surface area contributed by atoms with E-state index in [1.165, 1.54) is 5.56 Å². The first kappa shape index (κ1) is 17.7. The van der Waals surface area contributed by atoms with Crippen LogP contribution in [-0.4, -0.2) is 59.4 Å². The van der Waals surface area contributed by atoms with E-state index in [4.69, 9.17) is 4.98 Å². The zero-order valence-corrected chi connectivity index (χ0v) is 15.8. The van der Waals surface area contributed by atoms with Crippen LogP contribution < -0.4 is 4.90 Å². The normalized spacial score (nSPS) is 23.7. The van der Waals surface area contributed by atoms with Crippen molar-refractivity contribution in [3.05, 3.63) is 35.4 Å². The highest BCUT2D eigenvalue weighted by Crippen LogP contribution is 2.41. The summed E-state index contributed by atoms with van der Waals surface area (Å²) in [6.45, 7) is 5.79. The van der Waals surface area contributed by atoms with Crippen LogP contribution in [0.3, 0.4) is 0 Å². The smallest absolute Gasteiger partial charge is 0.134 e. The zero-order chi connectivity index (χ0) is 18.3. The molecular formula is C21H29N3O2. The average Bonchev–Trinajstić information content (AvgIpc) is 2.60. The van der Waals surface area contributed by atoms with Crippen LogP contribution in [0.5, 0.6) is 0 Å². The number of β-amino-alcohol motifs (C(OH)–C–C–N with tert-alkyl or cyclic N) is 1.